The molecule has 1 amide bonds. The van der Waals surface area contributed by atoms with E-state index in [0.29, 0.717) is 48.3 Å². The maximum absolute atomic E-state index is 14.1. The molecule has 0 unspecified atom stereocenters. The van der Waals surface area contributed by atoms with Gasteiger partial charge in [0.15, 0.2) is 9.84 Å². The molecule has 43 heavy (non-hydrogen) atoms. The van der Waals surface area contributed by atoms with Crippen molar-refractivity contribution < 1.29 is 31.5 Å². The molecule has 5 heterocycles. The number of likely N-dealkylation sites (tertiary alicyclic amines) is 1. The molecule has 3 aliphatic rings. The van der Waals surface area contributed by atoms with Crippen molar-refractivity contribution in [3.63, 3.8) is 0 Å². The van der Waals surface area contributed by atoms with Crippen LogP contribution in [-0.4, -0.2) is 96.9 Å². The number of rotatable bonds is 7. The highest BCUT2D eigenvalue weighted by Crippen LogP contribution is 2.42. The Morgan fingerprint density at radius 2 is 1.98 bits per heavy atom. The predicted molar refractivity (Wildman–Crippen MR) is 157 cm³/mol. The minimum Gasteiger partial charge on any atom is -0.395 e. The molecule has 2 bridgehead atoms. The van der Waals surface area contributed by atoms with Crippen LogP contribution in [0.4, 0.5) is 30.5 Å². The average molecular weight is 637 g/mol. The predicted octanol–water partition coefficient (Wildman–Crippen LogP) is 3.64. The number of amides is 1. The Morgan fingerprint density at radius 1 is 1.19 bits per heavy atom. The first-order valence-electron chi connectivity index (χ1n) is 14.0. The fraction of sp³-hybridized carbons (Fsp3) is 0.464. The zero-order valence-corrected chi connectivity index (χ0v) is 25.2. The summed E-state index contributed by atoms with van der Waals surface area (Å²) < 4.78 is 67.9. The maximum Gasteiger partial charge on any atom is 0.420 e. The van der Waals surface area contributed by atoms with Gasteiger partial charge in [-0.05, 0) is 42.7 Å². The number of fused-ring (bicyclic) bond motifs is 3. The topological polar surface area (TPSA) is 119 Å². The number of aliphatic hydroxyl groups excluding tert-OH is 1. The van der Waals surface area contributed by atoms with Crippen LogP contribution in [0.1, 0.15) is 34.1 Å². The van der Waals surface area contributed by atoms with Gasteiger partial charge in [0.25, 0.3) is 5.91 Å². The van der Waals surface area contributed by atoms with E-state index in [9.17, 15) is 31.5 Å². The largest absolute Gasteiger partial charge is 0.420 e. The quantitative estimate of drug-likeness (QED) is 0.401. The fourth-order valence-electron chi connectivity index (χ4n) is 6.11. The first-order valence-corrected chi connectivity index (χ1v) is 16.4. The van der Waals surface area contributed by atoms with Gasteiger partial charge in [-0.25, -0.2) is 18.4 Å². The van der Waals surface area contributed by atoms with Crippen LogP contribution in [0, 0.1) is 0 Å². The monoisotopic (exact) mass is 636 g/mol. The summed E-state index contributed by atoms with van der Waals surface area (Å²) in [5.41, 5.74) is 1.01. The third-order valence-electron chi connectivity index (χ3n) is 8.39. The lowest BCUT2D eigenvalue weighted by atomic mass is 10.1. The molecule has 0 saturated carbocycles. The number of nitrogens with zero attached hydrogens (tertiary/aromatic N) is 5. The molecule has 1 aromatic carbocycles. The summed E-state index contributed by atoms with van der Waals surface area (Å²) in [5, 5.41) is 12.4. The van der Waals surface area contributed by atoms with Crippen LogP contribution in [0.3, 0.4) is 0 Å². The molecule has 2 N–H and O–H groups in total. The Labute approximate surface area is 251 Å². The number of aliphatic hydroxyl groups is 1. The second-order valence-electron chi connectivity index (χ2n) is 11.0. The molecular weight excluding hydrogens is 605 g/mol. The van der Waals surface area contributed by atoms with Gasteiger partial charge >= 0.3 is 6.18 Å². The minimum absolute atomic E-state index is 0.00696. The van der Waals surface area contributed by atoms with Crippen LogP contribution in [0.25, 0.3) is 10.6 Å². The number of thiophene rings is 1. The first-order chi connectivity index (χ1) is 20.4. The van der Waals surface area contributed by atoms with Gasteiger partial charge in [0.1, 0.15) is 10.4 Å². The molecule has 2 aromatic heterocycles. The Kier molecular flexibility index (Phi) is 7.63. The molecule has 10 nitrogen and oxygen atoms in total. The van der Waals surface area contributed by atoms with E-state index in [1.165, 1.54) is 11.9 Å². The normalized spacial score (nSPS) is 21.8. The third kappa shape index (κ3) is 5.47. The highest BCUT2D eigenvalue weighted by molar-refractivity contribution is 7.91. The van der Waals surface area contributed by atoms with Gasteiger partial charge in [-0.1, -0.05) is 6.92 Å². The molecule has 230 valence electrons. The van der Waals surface area contributed by atoms with Crippen molar-refractivity contribution in [1.82, 2.24) is 19.8 Å². The number of piperazine rings is 1. The van der Waals surface area contributed by atoms with Crippen LogP contribution in [0.5, 0.6) is 0 Å². The standard InChI is InChI=1S/C28H31F3N6O4S2/c1-3-16-10-17(37-15-18-11-19(37)14-36(18)6-8-38)4-5-21(16)33-27-32-13-20(28(29,30)31)24(34-27)22-12-23-25(42-22)26(39)35(2)7-9-43(23,40)41/h4-5,10,12-13,18-19,38H,3,6-9,11,14-15H2,1-2H3,(H,32,33,34)/t18-,19-/m1/s1. The Bertz CT molecular complexity index is 1680. The number of aromatic nitrogens is 2. The Hall–Kier alpha value is -3.27. The summed E-state index contributed by atoms with van der Waals surface area (Å²) in [6.07, 6.45) is -2.45. The van der Waals surface area contributed by atoms with Gasteiger partial charge in [0.05, 0.1) is 27.8 Å². The van der Waals surface area contributed by atoms with E-state index in [1.54, 1.807) is 0 Å². The van der Waals surface area contributed by atoms with Crippen molar-refractivity contribution in [2.75, 3.05) is 55.8 Å². The summed E-state index contributed by atoms with van der Waals surface area (Å²) >= 11 is 0.683. The number of nitrogens with one attached hydrogen (secondary N) is 1. The number of carbonyl (C=O) groups is 1. The van der Waals surface area contributed by atoms with E-state index < -0.39 is 33.2 Å². The van der Waals surface area contributed by atoms with Crippen molar-refractivity contribution >= 4 is 44.4 Å². The van der Waals surface area contributed by atoms with Crippen LogP contribution >= 0.6 is 11.3 Å². The average Bonchev–Trinajstić information content (AvgIpc) is 3.69. The van der Waals surface area contributed by atoms with E-state index in [2.05, 4.69) is 31.2 Å². The lowest BCUT2D eigenvalue weighted by Gasteiger charge is -2.35. The van der Waals surface area contributed by atoms with Crippen molar-refractivity contribution in [3.8, 4) is 10.6 Å². The summed E-state index contributed by atoms with van der Waals surface area (Å²) in [7, 11) is -2.42. The lowest BCUT2D eigenvalue weighted by molar-refractivity contribution is -0.137. The summed E-state index contributed by atoms with van der Waals surface area (Å²) in [6.45, 7) is 4.54. The smallest absolute Gasteiger partial charge is 0.395 e. The molecule has 3 aromatic rings. The van der Waals surface area contributed by atoms with Gasteiger partial charge in [0.2, 0.25) is 5.95 Å². The highest BCUT2D eigenvalue weighted by atomic mass is 32.2. The summed E-state index contributed by atoms with van der Waals surface area (Å²) in [5.74, 6) is -0.968. The lowest BCUT2D eigenvalue weighted by Crippen LogP contribution is -2.47. The molecule has 0 aliphatic carbocycles. The van der Waals surface area contributed by atoms with E-state index in [0.717, 1.165) is 36.8 Å². The number of aryl methyl sites for hydroxylation is 1. The molecule has 3 aliphatic heterocycles. The fourth-order valence-corrected chi connectivity index (χ4v) is 9.15. The van der Waals surface area contributed by atoms with Crippen molar-refractivity contribution in [2.24, 2.45) is 0 Å². The number of benzene rings is 1. The summed E-state index contributed by atoms with van der Waals surface area (Å²) in [4.78, 5) is 26.4. The van der Waals surface area contributed by atoms with Crippen LogP contribution in [-0.2, 0) is 22.4 Å². The van der Waals surface area contributed by atoms with Crippen molar-refractivity contribution in [2.45, 2.75) is 42.9 Å². The summed E-state index contributed by atoms with van der Waals surface area (Å²) in [6, 6.07) is 7.77. The van der Waals surface area contributed by atoms with Gasteiger partial charge in [-0.15, -0.1) is 11.3 Å². The second-order valence-corrected chi connectivity index (χ2v) is 14.2. The molecule has 15 heteroatoms. The van der Waals surface area contributed by atoms with Crippen LogP contribution < -0.4 is 10.2 Å². The number of anilines is 3. The number of β-amino-alcohol motifs (C(OH)–C–C–N with tert-alkyl or cyclic N) is 1. The van der Waals surface area contributed by atoms with Gasteiger partial charge in [0, 0.05) is 62.9 Å². The second kappa shape index (κ2) is 11.0. The SMILES string of the molecule is CCc1cc(N2C[C@H]3C[C@@H]2CN3CCO)ccc1Nc1ncc(C(F)(F)F)c(-c2cc3c(s2)C(=O)N(C)CCS3(=O)=O)n1. The van der Waals surface area contributed by atoms with Crippen LogP contribution in [0.15, 0.2) is 35.4 Å². The third-order valence-corrected chi connectivity index (χ3v) is 11.4. The van der Waals surface area contributed by atoms with Crippen molar-refractivity contribution in [1.29, 1.82) is 0 Å². The Balaban J connectivity index is 1.32. The number of sulfone groups is 1. The first kappa shape index (κ1) is 29.8. The van der Waals surface area contributed by atoms with Gasteiger partial charge in [-0.3, -0.25) is 9.69 Å². The molecule has 0 radical (unpaired) electrons. The van der Waals surface area contributed by atoms with Crippen molar-refractivity contribution in [3.05, 3.63) is 46.5 Å². The molecule has 6 rings (SSSR count). The van der Waals surface area contributed by atoms with E-state index in [4.69, 9.17) is 0 Å². The maximum atomic E-state index is 14.1. The van der Waals surface area contributed by atoms with Gasteiger partial charge in [-0.2, -0.15) is 13.2 Å². The Morgan fingerprint density at radius 3 is 2.65 bits per heavy atom. The van der Waals surface area contributed by atoms with Gasteiger partial charge < -0.3 is 20.2 Å². The number of hydrogen-bond donors (Lipinski definition) is 2. The zero-order chi connectivity index (χ0) is 30.7. The number of alkyl halides is 3. The highest BCUT2D eigenvalue weighted by Gasteiger charge is 2.43. The molecule has 2 fully saturated rings. The minimum atomic E-state index is -4.81. The number of carbonyl (C=O) groups excluding carboxylic acids is 1. The molecule has 0 spiro atoms. The molecular formula is C28H31F3N6O4S2. The molecule has 2 atom stereocenters. The van der Waals surface area contributed by atoms with E-state index in [-0.39, 0.29) is 39.5 Å². The number of halogens is 3. The zero-order valence-electron chi connectivity index (χ0n) is 23.6. The van der Waals surface area contributed by atoms with Crippen LogP contribution in [0.2, 0.25) is 0 Å². The number of hydrogen-bond acceptors (Lipinski definition) is 10. The van der Waals surface area contributed by atoms with E-state index in [1.807, 2.05) is 19.1 Å². The molecule has 2 saturated heterocycles. The van der Waals surface area contributed by atoms with E-state index >= 15 is 0 Å².